The van der Waals surface area contributed by atoms with Crippen molar-refractivity contribution in [1.82, 2.24) is 5.43 Å². The van der Waals surface area contributed by atoms with Crippen LogP contribution in [-0.4, -0.2) is 11.7 Å². The number of rotatable bonds is 4. The lowest BCUT2D eigenvalue weighted by atomic mass is 9.71. The Morgan fingerprint density at radius 3 is 2.56 bits per heavy atom. The highest BCUT2D eigenvalue weighted by molar-refractivity contribution is 5.95. The van der Waals surface area contributed by atoms with Crippen molar-refractivity contribution in [2.45, 2.75) is 41.0 Å². The fraction of sp³-hybridized carbons (Fsp3) is 0.429. The molecule has 2 rings (SSSR count). The second kappa shape index (κ2) is 8.65. The molecule has 2 amide bonds. The number of carbonyl (C=O) groups is 1. The molecule has 0 aliphatic heterocycles. The summed E-state index contributed by atoms with van der Waals surface area (Å²) < 4.78 is 0. The Hall–Kier alpha value is -2.36. The number of hydrogen-bond donors (Lipinski definition) is 2. The molecule has 1 aromatic rings. The molecule has 0 bridgehead atoms. The normalized spacial score (nSPS) is 24.5. The van der Waals surface area contributed by atoms with E-state index < -0.39 is 0 Å². The van der Waals surface area contributed by atoms with Crippen molar-refractivity contribution in [2.24, 2.45) is 22.9 Å². The number of para-hydroxylation sites is 1. The highest BCUT2D eigenvalue weighted by Gasteiger charge is 2.28. The van der Waals surface area contributed by atoms with Gasteiger partial charge < -0.3 is 5.32 Å². The minimum absolute atomic E-state index is 0.340. The molecule has 134 valence electrons. The van der Waals surface area contributed by atoms with Gasteiger partial charge in [0.25, 0.3) is 0 Å². The lowest BCUT2D eigenvalue weighted by molar-refractivity contribution is 0.252. The summed E-state index contributed by atoms with van der Waals surface area (Å²) in [5.41, 5.74) is 7.08. The molecule has 4 nitrogen and oxygen atoms in total. The summed E-state index contributed by atoms with van der Waals surface area (Å²) in [7, 11) is 0. The van der Waals surface area contributed by atoms with Gasteiger partial charge in [0.1, 0.15) is 0 Å². The summed E-state index contributed by atoms with van der Waals surface area (Å²) in [6.07, 6.45) is 5.40. The first-order chi connectivity index (χ1) is 11.9. The molecule has 0 saturated heterocycles. The van der Waals surface area contributed by atoms with Crippen LogP contribution in [0.25, 0.3) is 0 Å². The van der Waals surface area contributed by atoms with E-state index in [0.717, 1.165) is 17.8 Å². The van der Waals surface area contributed by atoms with Crippen LogP contribution in [0.1, 0.15) is 41.0 Å². The average molecular weight is 339 g/mol. The van der Waals surface area contributed by atoms with Gasteiger partial charge in [0.2, 0.25) is 0 Å². The highest BCUT2D eigenvalue weighted by atomic mass is 16.2. The number of anilines is 1. The SMILES string of the molecule is CC1=C(C)[C@@H](C)[C@@H](/C=C/C(C)=N/NC(=O)Nc2ccccc2)[C@H](C)C1. The first-order valence-electron chi connectivity index (χ1n) is 8.89. The molecule has 2 N–H and O–H groups in total. The number of allylic oxidation sites excluding steroid dienone is 4. The Kier molecular flexibility index (Phi) is 6.57. The Balaban J connectivity index is 1.92. The van der Waals surface area contributed by atoms with Crippen molar-refractivity contribution in [1.29, 1.82) is 0 Å². The number of nitrogens with one attached hydrogen (secondary N) is 2. The van der Waals surface area contributed by atoms with Gasteiger partial charge in [-0.15, -0.1) is 0 Å². The van der Waals surface area contributed by atoms with E-state index in [4.69, 9.17) is 0 Å². The number of hydrazone groups is 1. The highest BCUT2D eigenvalue weighted by Crippen LogP contribution is 2.38. The van der Waals surface area contributed by atoms with Crippen molar-refractivity contribution >= 4 is 17.4 Å². The van der Waals surface area contributed by atoms with Gasteiger partial charge in [-0.2, -0.15) is 5.10 Å². The Labute approximate surface area is 151 Å². The van der Waals surface area contributed by atoms with Crippen molar-refractivity contribution in [3.63, 3.8) is 0 Å². The van der Waals surface area contributed by atoms with Crippen LogP contribution < -0.4 is 10.7 Å². The fourth-order valence-corrected chi connectivity index (χ4v) is 3.41. The minimum atomic E-state index is -0.340. The van der Waals surface area contributed by atoms with Gasteiger partial charge in [0.05, 0.1) is 5.71 Å². The van der Waals surface area contributed by atoms with Crippen LogP contribution in [0.4, 0.5) is 10.5 Å². The van der Waals surface area contributed by atoms with E-state index in [9.17, 15) is 4.79 Å². The van der Waals surface area contributed by atoms with Crippen LogP contribution in [0, 0.1) is 17.8 Å². The fourth-order valence-electron chi connectivity index (χ4n) is 3.41. The quantitative estimate of drug-likeness (QED) is 0.432. The molecule has 0 unspecified atom stereocenters. The van der Waals surface area contributed by atoms with Crippen LogP contribution >= 0.6 is 0 Å². The number of amides is 2. The zero-order chi connectivity index (χ0) is 18.4. The van der Waals surface area contributed by atoms with Gasteiger partial charge in [0, 0.05) is 5.69 Å². The smallest absolute Gasteiger partial charge is 0.307 e. The monoisotopic (exact) mass is 339 g/mol. The standard InChI is InChI=1S/C21H29N3O/c1-14-13-15(2)20(18(5)17(14)4)12-11-16(3)23-24-21(25)22-19-9-7-6-8-10-19/h6-12,15,18,20H,13H2,1-5H3,(H2,22,24,25)/b12-11+,23-16+/t15-,18-,20+/m1/s1. The topological polar surface area (TPSA) is 53.5 Å². The van der Waals surface area contributed by atoms with Gasteiger partial charge in [0.15, 0.2) is 0 Å². The predicted molar refractivity (Wildman–Crippen MR) is 106 cm³/mol. The Bertz CT molecular complexity index is 688. The van der Waals surface area contributed by atoms with E-state index in [-0.39, 0.29) is 6.03 Å². The number of benzene rings is 1. The number of hydrogen-bond acceptors (Lipinski definition) is 2. The van der Waals surface area contributed by atoms with Crippen LogP contribution in [0.3, 0.4) is 0 Å². The number of carbonyl (C=O) groups excluding carboxylic acids is 1. The average Bonchev–Trinajstić information content (AvgIpc) is 2.59. The molecular formula is C21H29N3O. The summed E-state index contributed by atoms with van der Waals surface area (Å²) in [5.74, 6) is 1.67. The third-order valence-electron chi connectivity index (χ3n) is 5.14. The van der Waals surface area contributed by atoms with E-state index in [0.29, 0.717) is 17.8 Å². The zero-order valence-electron chi connectivity index (χ0n) is 15.8. The van der Waals surface area contributed by atoms with Gasteiger partial charge >= 0.3 is 6.03 Å². The van der Waals surface area contributed by atoms with E-state index in [1.54, 1.807) is 0 Å². The van der Waals surface area contributed by atoms with E-state index >= 15 is 0 Å². The van der Waals surface area contributed by atoms with Gasteiger partial charge in [-0.3, -0.25) is 0 Å². The Morgan fingerprint density at radius 1 is 1.20 bits per heavy atom. The zero-order valence-corrected chi connectivity index (χ0v) is 15.8. The van der Waals surface area contributed by atoms with Crippen molar-refractivity contribution < 1.29 is 4.79 Å². The van der Waals surface area contributed by atoms with Gasteiger partial charge in [-0.25, -0.2) is 10.2 Å². The van der Waals surface area contributed by atoms with Crippen molar-refractivity contribution in [2.75, 3.05) is 5.32 Å². The molecule has 0 saturated carbocycles. The Morgan fingerprint density at radius 2 is 1.88 bits per heavy atom. The van der Waals surface area contributed by atoms with Crippen molar-refractivity contribution in [3.8, 4) is 0 Å². The predicted octanol–water partition coefficient (Wildman–Crippen LogP) is 5.37. The number of nitrogens with zero attached hydrogens (tertiary/aromatic N) is 1. The second-order valence-corrected chi connectivity index (χ2v) is 7.06. The summed E-state index contributed by atoms with van der Waals surface area (Å²) in [6, 6.07) is 8.98. The van der Waals surface area contributed by atoms with E-state index in [1.807, 2.05) is 43.3 Å². The third-order valence-corrected chi connectivity index (χ3v) is 5.14. The van der Waals surface area contributed by atoms with Crippen LogP contribution in [0.2, 0.25) is 0 Å². The van der Waals surface area contributed by atoms with Crippen LogP contribution in [0.5, 0.6) is 0 Å². The maximum Gasteiger partial charge on any atom is 0.339 e. The third kappa shape index (κ3) is 5.31. The van der Waals surface area contributed by atoms with Gasteiger partial charge in [-0.1, -0.05) is 49.3 Å². The summed E-state index contributed by atoms with van der Waals surface area (Å²) in [6.45, 7) is 11.0. The lowest BCUT2D eigenvalue weighted by Gasteiger charge is -2.34. The van der Waals surface area contributed by atoms with Gasteiger partial charge in [-0.05, 0) is 63.2 Å². The molecule has 1 aliphatic carbocycles. The minimum Gasteiger partial charge on any atom is -0.307 e. The summed E-state index contributed by atoms with van der Waals surface area (Å²) >= 11 is 0. The molecule has 0 fully saturated rings. The largest absolute Gasteiger partial charge is 0.339 e. The number of urea groups is 1. The maximum absolute atomic E-state index is 11.8. The first kappa shape index (κ1) is 19.0. The lowest BCUT2D eigenvalue weighted by Crippen LogP contribution is -2.25. The van der Waals surface area contributed by atoms with Crippen LogP contribution in [0.15, 0.2) is 58.7 Å². The molecular weight excluding hydrogens is 310 g/mol. The van der Waals surface area contributed by atoms with Crippen LogP contribution in [-0.2, 0) is 0 Å². The van der Waals surface area contributed by atoms with Crippen molar-refractivity contribution in [3.05, 3.63) is 53.6 Å². The molecule has 0 spiro atoms. The summed E-state index contributed by atoms with van der Waals surface area (Å²) in [4.78, 5) is 11.8. The molecule has 3 atom stereocenters. The molecule has 1 aromatic carbocycles. The first-order valence-corrected chi connectivity index (χ1v) is 8.89. The van der Waals surface area contributed by atoms with E-state index in [2.05, 4.69) is 49.6 Å². The molecule has 0 radical (unpaired) electrons. The molecule has 25 heavy (non-hydrogen) atoms. The molecule has 1 aliphatic rings. The molecule has 4 heteroatoms. The molecule has 0 aromatic heterocycles. The summed E-state index contributed by atoms with van der Waals surface area (Å²) in [5, 5.41) is 6.88. The molecule has 0 heterocycles. The maximum atomic E-state index is 11.8. The second-order valence-electron chi connectivity index (χ2n) is 7.06. The van der Waals surface area contributed by atoms with E-state index in [1.165, 1.54) is 11.1 Å².